The molecule has 4 aliphatic rings. The average molecular weight is 416 g/mol. The van der Waals surface area contributed by atoms with Crippen LogP contribution in [0.1, 0.15) is 72.6 Å². The largest absolute Gasteiger partial charge is 0.462 e. The Morgan fingerprint density at radius 3 is 2.62 bits per heavy atom. The van der Waals surface area contributed by atoms with Gasteiger partial charge in [-0.15, -0.1) is 0 Å². The first-order chi connectivity index (χ1) is 13.7. The summed E-state index contributed by atoms with van der Waals surface area (Å²) in [6.07, 6.45) is 9.68. The molecule has 0 heterocycles. The Morgan fingerprint density at radius 1 is 1.21 bits per heavy atom. The first-order valence-corrected chi connectivity index (χ1v) is 11.6. The quantitative estimate of drug-likeness (QED) is 0.276. The molecule has 0 N–H and O–H groups in total. The minimum atomic E-state index is -0.173. The van der Waals surface area contributed by atoms with Crippen LogP contribution < -0.4 is 0 Å². The van der Waals surface area contributed by atoms with Gasteiger partial charge < -0.3 is 4.74 Å². The molecule has 0 bridgehead atoms. The van der Waals surface area contributed by atoms with Crippen LogP contribution in [0, 0.1) is 34.5 Å². The van der Waals surface area contributed by atoms with E-state index in [4.69, 9.17) is 17.0 Å². The molecule has 0 unspecified atom stereocenters. The Kier molecular flexibility index (Phi) is 5.36. The number of ketones is 1. The number of ether oxygens (including phenoxy) is 1. The summed E-state index contributed by atoms with van der Waals surface area (Å²) >= 11 is 4.91. The number of carbonyl (C=O) groups excluding carboxylic acids is 2. The third kappa shape index (κ3) is 3.25. The Balaban J connectivity index is 1.63. The number of rotatable bonds is 3. The molecule has 5 heteroatoms. The highest BCUT2D eigenvalue weighted by Crippen LogP contribution is 2.66. The molecular weight excluding hydrogens is 382 g/mol. The minimum absolute atomic E-state index is 0.00312. The number of allylic oxidation sites excluding steroid dienone is 1. The average Bonchev–Trinajstić information content (AvgIpc) is 2.94. The second-order valence-corrected chi connectivity index (χ2v) is 10.6. The third-order valence-corrected chi connectivity index (χ3v) is 9.18. The van der Waals surface area contributed by atoms with Crippen molar-refractivity contribution in [2.75, 3.05) is 0 Å². The summed E-state index contributed by atoms with van der Waals surface area (Å²) in [5, 5.41) is 2.57. The highest BCUT2D eigenvalue weighted by atomic mass is 32.1. The van der Waals surface area contributed by atoms with Gasteiger partial charge in [0.2, 0.25) is 0 Å². The van der Waals surface area contributed by atoms with Crippen LogP contribution in [-0.2, 0) is 14.3 Å². The molecule has 29 heavy (non-hydrogen) atoms. The van der Waals surface area contributed by atoms with Crippen molar-refractivity contribution in [1.82, 2.24) is 0 Å². The molecule has 4 nitrogen and oxygen atoms in total. The van der Waals surface area contributed by atoms with Gasteiger partial charge in [-0.2, -0.15) is 0 Å². The number of aliphatic imine (C=N–C) groups is 1. The summed E-state index contributed by atoms with van der Waals surface area (Å²) in [7, 11) is 0. The zero-order valence-corrected chi connectivity index (χ0v) is 18.9. The van der Waals surface area contributed by atoms with Crippen molar-refractivity contribution < 1.29 is 14.3 Å². The van der Waals surface area contributed by atoms with Crippen molar-refractivity contribution in [2.24, 2.45) is 39.5 Å². The lowest BCUT2D eigenvalue weighted by atomic mass is 9.47. The number of esters is 1. The second-order valence-electron chi connectivity index (χ2n) is 10.4. The van der Waals surface area contributed by atoms with E-state index in [-0.39, 0.29) is 40.6 Å². The maximum absolute atomic E-state index is 12.6. The van der Waals surface area contributed by atoms with E-state index in [1.807, 2.05) is 0 Å². The monoisotopic (exact) mass is 415 g/mol. The minimum Gasteiger partial charge on any atom is -0.462 e. The van der Waals surface area contributed by atoms with E-state index in [9.17, 15) is 9.59 Å². The lowest BCUT2D eigenvalue weighted by molar-refractivity contribution is -0.149. The lowest BCUT2D eigenvalue weighted by Gasteiger charge is -2.57. The maximum Gasteiger partial charge on any atom is 0.302 e. The molecule has 0 aromatic heterocycles. The molecule has 3 fully saturated rings. The maximum atomic E-state index is 12.6. The first-order valence-electron chi connectivity index (χ1n) is 11.1. The highest BCUT2D eigenvalue weighted by molar-refractivity contribution is 7.78. The number of nitrogens with zero attached hydrogens (tertiary/aromatic N) is 1. The van der Waals surface area contributed by atoms with Crippen molar-refractivity contribution in [2.45, 2.75) is 84.8 Å². The van der Waals surface area contributed by atoms with Crippen LogP contribution in [0.4, 0.5) is 0 Å². The zero-order chi connectivity index (χ0) is 21.0. The predicted molar refractivity (Wildman–Crippen MR) is 116 cm³/mol. The van der Waals surface area contributed by atoms with Crippen molar-refractivity contribution in [3.05, 3.63) is 11.6 Å². The van der Waals surface area contributed by atoms with Crippen molar-refractivity contribution in [3.8, 4) is 0 Å². The van der Waals surface area contributed by atoms with Gasteiger partial charge in [0.05, 0.1) is 11.2 Å². The van der Waals surface area contributed by atoms with Crippen LogP contribution in [0.2, 0.25) is 0 Å². The van der Waals surface area contributed by atoms with Crippen molar-refractivity contribution >= 4 is 29.1 Å². The van der Waals surface area contributed by atoms with Gasteiger partial charge in [-0.3, -0.25) is 9.59 Å². The molecule has 0 aliphatic heterocycles. The molecule has 8 atom stereocenters. The Labute approximate surface area is 179 Å². The Morgan fingerprint density at radius 2 is 1.97 bits per heavy atom. The smallest absolute Gasteiger partial charge is 0.302 e. The number of fused-ring (bicyclic) bond motifs is 5. The zero-order valence-electron chi connectivity index (χ0n) is 18.1. The second kappa shape index (κ2) is 7.42. The molecule has 0 radical (unpaired) electrons. The third-order valence-electron chi connectivity index (χ3n) is 9.08. The van der Waals surface area contributed by atoms with Crippen LogP contribution in [0.25, 0.3) is 0 Å². The molecule has 3 saturated carbocycles. The number of hydrogen-bond acceptors (Lipinski definition) is 5. The molecule has 4 aliphatic carbocycles. The SMILES string of the molecule is CC(=O)O[C@@H]1CC[C@@]2(C)C(=CC[C@@H]3[C@@H]4C[C@H](N=C=S)[C@H](C(C)=O)[C@@]4(C)CC[C@@H]32)C1. The van der Waals surface area contributed by atoms with Crippen LogP contribution in [0.15, 0.2) is 16.6 Å². The standard InChI is InChI=1S/C24H33NO3S/c1-14(26)22-21(25-13-29)12-20-18-6-5-16-11-17(28-15(2)27)7-9-23(16,3)19(18)8-10-24(20,22)4/h5,17-22H,6-12H2,1-4H3/t17-,18+,19+,20+,21+,22+,23+,24+/m1/s1. The normalized spacial score (nSPS) is 45.7. The van der Waals surface area contributed by atoms with E-state index >= 15 is 0 Å². The summed E-state index contributed by atoms with van der Waals surface area (Å²) in [6, 6.07) is -0.00312. The van der Waals surface area contributed by atoms with Crippen LogP contribution in [-0.4, -0.2) is 29.1 Å². The fourth-order valence-corrected chi connectivity index (χ4v) is 8.04. The fraction of sp³-hybridized carbons (Fsp3) is 0.792. The first kappa shape index (κ1) is 20.9. The van der Waals surface area contributed by atoms with Gasteiger partial charge in [0.25, 0.3) is 0 Å². The van der Waals surface area contributed by atoms with Crippen LogP contribution in [0.3, 0.4) is 0 Å². The summed E-state index contributed by atoms with van der Waals surface area (Å²) in [5.41, 5.74) is 1.71. The molecule has 0 spiro atoms. The van der Waals surface area contributed by atoms with E-state index < -0.39 is 0 Å². The topological polar surface area (TPSA) is 55.7 Å². The number of thiocarbonyl (C=S) groups is 1. The summed E-state index contributed by atoms with van der Waals surface area (Å²) < 4.78 is 5.54. The summed E-state index contributed by atoms with van der Waals surface area (Å²) in [4.78, 5) is 28.5. The van der Waals surface area contributed by atoms with Gasteiger partial charge in [0, 0.05) is 19.3 Å². The van der Waals surface area contributed by atoms with E-state index in [1.165, 1.54) is 18.9 Å². The van der Waals surface area contributed by atoms with Gasteiger partial charge >= 0.3 is 5.97 Å². The molecule has 0 aromatic carbocycles. The van der Waals surface area contributed by atoms with Gasteiger partial charge in [0.15, 0.2) is 0 Å². The van der Waals surface area contributed by atoms with Gasteiger partial charge in [0.1, 0.15) is 11.9 Å². The molecule has 0 aromatic rings. The highest BCUT2D eigenvalue weighted by Gasteiger charge is 2.62. The number of hydrogen-bond donors (Lipinski definition) is 0. The van der Waals surface area contributed by atoms with Crippen LogP contribution >= 0.6 is 12.2 Å². The van der Waals surface area contributed by atoms with Crippen molar-refractivity contribution in [3.63, 3.8) is 0 Å². The van der Waals surface area contributed by atoms with Gasteiger partial charge in [-0.25, -0.2) is 4.99 Å². The van der Waals surface area contributed by atoms with Gasteiger partial charge in [-0.1, -0.05) is 25.5 Å². The molecule has 0 amide bonds. The summed E-state index contributed by atoms with van der Waals surface area (Å²) in [6.45, 7) is 8.00. The Bertz CT molecular complexity index is 800. The lowest BCUT2D eigenvalue weighted by Crippen LogP contribution is -2.51. The predicted octanol–water partition coefficient (Wildman–Crippen LogP) is 5.17. The van der Waals surface area contributed by atoms with E-state index in [1.54, 1.807) is 6.92 Å². The van der Waals surface area contributed by atoms with E-state index in [0.29, 0.717) is 17.8 Å². The van der Waals surface area contributed by atoms with Gasteiger partial charge in [-0.05, 0) is 86.3 Å². The number of Topliss-reactive ketones (excluding diaryl/α,β-unsaturated/α-hetero) is 1. The van der Waals surface area contributed by atoms with Crippen molar-refractivity contribution in [1.29, 1.82) is 0 Å². The molecule has 158 valence electrons. The fourth-order valence-electron chi connectivity index (χ4n) is 7.91. The summed E-state index contributed by atoms with van der Waals surface area (Å²) in [5.74, 6) is 1.80. The van der Waals surface area contributed by atoms with Crippen LogP contribution in [0.5, 0.6) is 0 Å². The molecule has 4 rings (SSSR count). The number of carbonyl (C=O) groups is 2. The molecule has 0 saturated heterocycles. The van der Waals surface area contributed by atoms with E-state index in [2.05, 4.69) is 30.1 Å². The van der Waals surface area contributed by atoms with E-state index in [0.717, 1.165) is 38.5 Å². The number of isothiocyanates is 1. The molecular formula is C24H33NO3S. The Hall–Kier alpha value is -1.32.